The summed E-state index contributed by atoms with van der Waals surface area (Å²) in [6.45, 7) is 0. The van der Waals surface area contributed by atoms with Crippen LogP contribution < -0.4 is 5.73 Å². The lowest BCUT2D eigenvalue weighted by atomic mass is 10.1. The molecule has 0 aliphatic rings. The highest BCUT2D eigenvalue weighted by Crippen LogP contribution is 2.30. The van der Waals surface area contributed by atoms with Crippen LogP contribution in [0, 0.1) is 10.1 Å². The number of hydrogen-bond acceptors (Lipinski definition) is 4. The van der Waals surface area contributed by atoms with E-state index in [1.54, 1.807) is 22.7 Å². The summed E-state index contributed by atoms with van der Waals surface area (Å²) in [4.78, 5) is 14.8. The molecule has 6 nitrogen and oxygen atoms in total. The maximum atomic E-state index is 10.8. The number of fused-ring (bicyclic) bond motifs is 1. The third kappa shape index (κ3) is 1.92. The van der Waals surface area contributed by atoms with Gasteiger partial charge in [-0.1, -0.05) is 12.1 Å². The highest BCUT2D eigenvalue weighted by Gasteiger charge is 2.15. The molecular weight excluding hydrogens is 324 g/mol. The largest absolute Gasteiger partial charge is 0.383 e. The molecular formula is C13H9BrN4O2. The van der Waals surface area contributed by atoms with Crippen LogP contribution in [-0.2, 0) is 0 Å². The van der Waals surface area contributed by atoms with Gasteiger partial charge in [-0.2, -0.15) is 0 Å². The lowest BCUT2D eigenvalue weighted by Gasteiger charge is -1.99. The summed E-state index contributed by atoms with van der Waals surface area (Å²) < 4.78 is 2.54. The highest BCUT2D eigenvalue weighted by atomic mass is 79.9. The summed E-state index contributed by atoms with van der Waals surface area (Å²) in [6.07, 6.45) is 1.79. The van der Waals surface area contributed by atoms with Crippen LogP contribution in [0.1, 0.15) is 0 Å². The Balaban J connectivity index is 2.25. The molecule has 3 rings (SSSR count). The van der Waals surface area contributed by atoms with Crippen molar-refractivity contribution >= 4 is 33.1 Å². The van der Waals surface area contributed by atoms with Crippen LogP contribution in [0.5, 0.6) is 0 Å². The number of benzene rings is 1. The third-order valence-electron chi connectivity index (χ3n) is 2.97. The Morgan fingerprint density at radius 2 is 2.10 bits per heavy atom. The predicted molar refractivity (Wildman–Crippen MR) is 79.4 cm³/mol. The molecule has 0 aliphatic carbocycles. The first-order valence-corrected chi connectivity index (χ1v) is 6.54. The minimum Gasteiger partial charge on any atom is -0.383 e. The molecule has 0 atom stereocenters. The zero-order valence-corrected chi connectivity index (χ0v) is 11.7. The van der Waals surface area contributed by atoms with E-state index >= 15 is 0 Å². The first kappa shape index (κ1) is 12.6. The van der Waals surface area contributed by atoms with E-state index in [4.69, 9.17) is 5.73 Å². The van der Waals surface area contributed by atoms with Gasteiger partial charge in [-0.3, -0.25) is 14.5 Å². The van der Waals surface area contributed by atoms with E-state index in [0.29, 0.717) is 22.7 Å². The van der Waals surface area contributed by atoms with E-state index < -0.39 is 4.92 Å². The topological polar surface area (TPSA) is 86.5 Å². The number of nitro benzene ring substituents is 1. The molecule has 0 unspecified atom stereocenters. The fourth-order valence-corrected chi connectivity index (χ4v) is 2.46. The first-order valence-electron chi connectivity index (χ1n) is 5.75. The van der Waals surface area contributed by atoms with Crippen molar-refractivity contribution in [1.82, 2.24) is 9.38 Å². The van der Waals surface area contributed by atoms with Crippen LogP contribution in [-0.4, -0.2) is 14.3 Å². The predicted octanol–water partition coefficient (Wildman–Crippen LogP) is 3.25. The molecule has 3 aromatic rings. The molecule has 2 N–H and O–H groups in total. The molecule has 1 aromatic carbocycles. The molecule has 0 amide bonds. The van der Waals surface area contributed by atoms with Gasteiger partial charge in [-0.25, -0.2) is 4.98 Å². The van der Waals surface area contributed by atoms with Crippen molar-refractivity contribution in [2.24, 2.45) is 0 Å². The van der Waals surface area contributed by atoms with Gasteiger partial charge in [-0.05, 0) is 28.1 Å². The van der Waals surface area contributed by atoms with Gasteiger partial charge >= 0.3 is 0 Å². The third-order valence-corrected chi connectivity index (χ3v) is 3.59. The average molecular weight is 333 g/mol. The van der Waals surface area contributed by atoms with Crippen molar-refractivity contribution in [3.8, 4) is 11.3 Å². The summed E-state index contributed by atoms with van der Waals surface area (Å²) in [5.74, 6) is 0.446. The summed E-state index contributed by atoms with van der Waals surface area (Å²) in [7, 11) is 0. The zero-order valence-electron chi connectivity index (χ0n) is 10.2. The van der Waals surface area contributed by atoms with Gasteiger partial charge in [-0.15, -0.1) is 0 Å². The summed E-state index contributed by atoms with van der Waals surface area (Å²) >= 11 is 3.41. The van der Waals surface area contributed by atoms with Crippen molar-refractivity contribution in [2.75, 3.05) is 5.73 Å². The summed E-state index contributed by atoms with van der Waals surface area (Å²) in [6, 6.07) is 9.97. The van der Waals surface area contributed by atoms with Crippen molar-refractivity contribution in [3.63, 3.8) is 0 Å². The van der Waals surface area contributed by atoms with Gasteiger partial charge < -0.3 is 5.73 Å². The van der Waals surface area contributed by atoms with Crippen molar-refractivity contribution in [1.29, 1.82) is 0 Å². The number of nitrogen functional groups attached to an aromatic ring is 1. The molecule has 2 aromatic heterocycles. The number of rotatable bonds is 2. The Kier molecular flexibility index (Phi) is 2.90. The highest BCUT2D eigenvalue weighted by molar-refractivity contribution is 9.10. The molecule has 0 saturated carbocycles. The number of halogens is 1. The summed E-state index contributed by atoms with van der Waals surface area (Å²) in [5.41, 5.74) is 7.91. The van der Waals surface area contributed by atoms with Crippen molar-refractivity contribution in [3.05, 3.63) is 57.2 Å². The van der Waals surface area contributed by atoms with Gasteiger partial charge in [0, 0.05) is 23.9 Å². The number of aromatic nitrogens is 2. The standard InChI is InChI=1S/C13H9BrN4O2/c14-10-5-2-6-17-12(15)11(16-13(10)17)8-3-1-4-9(7-8)18(19)20/h1-7H,15H2. The monoisotopic (exact) mass is 332 g/mol. The molecule has 0 radical (unpaired) electrons. The van der Waals surface area contributed by atoms with Gasteiger partial charge in [0.15, 0.2) is 5.65 Å². The summed E-state index contributed by atoms with van der Waals surface area (Å²) in [5, 5.41) is 10.8. The van der Waals surface area contributed by atoms with Crippen LogP contribution in [0.2, 0.25) is 0 Å². The second kappa shape index (κ2) is 4.61. The molecule has 0 aliphatic heterocycles. The molecule has 7 heteroatoms. The Hall–Kier alpha value is -2.41. The fraction of sp³-hybridized carbons (Fsp3) is 0. The minimum absolute atomic E-state index is 0.0121. The van der Waals surface area contributed by atoms with Crippen molar-refractivity contribution < 1.29 is 4.92 Å². The fourth-order valence-electron chi connectivity index (χ4n) is 2.03. The number of imidazole rings is 1. The second-order valence-electron chi connectivity index (χ2n) is 4.20. The van der Waals surface area contributed by atoms with Gasteiger partial charge in [0.2, 0.25) is 0 Å². The average Bonchev–Trinajstić information content (AvgIpc) is 2.78. The van der Waals surface area contributed by atoms with E-state index in [2.05, 4.69) is 20.9 Å². The minimum atomic E-state index is -0.439. The second-order valence-corrected chi connectivity index (χ2v) is 5.06. The van der Waals surface area contributed by atoms with Crippen molar-refractivity contribution in [2.45, 2.75) is 0 Å². The lowest BCUT2D eigenvalue weighted by molar-refractivity contribution is -0.384. The SMILES string of the molecule is Nc1c(-c2cccc([N+](=O)[O-])c2)nc2c(Br)cccn12. The van der Waals surface area contributed by atoms with Gasteiger partial charge in [0.1, 0.15) is 11.5 Å². The lowest BCUT2D eigenvalue weighted by Crippen LogP contribution is -1.94. The molecule has 0 saturated heterocycles. The van der Waals surface area contributed by atoms with E-state index in [9.17, 15) is 10.1 Å². The zero-order chi connectivity index (χ0) is 14.3. The van der Waals surface area contributed by atoms with Crippen LogP contribution in [0.25, 0.3) is 16.9 Å². The number of nitrogens with two attached hydrogens (primary N) is 1. The molecule has 0 bridgehead atoms. The van der Waals surface area contributed by atoms with Crippen LogP contribution >= 0.6 is 15.9 Å². The molecule has 20 heavy (non-hydrogen) atoms. The van der Waals surface area contributed by atoms with Gasteiger partial charge in [0.05, 0.1) is 9.40 Å². The van der Waals surface area contributed by atoms with E-state index in [0.717, 1.165) is 4.47 Å². The molecule has 0 spiro atoms. The smallest absolute Gasteiger partial charge is 0.270 e. The Labute approximate surface area is 122 Å². The maximum absolute atomic E-state index is 10.8. The Bertz CT molecular complexity index is 828. The maximum Gasteiger partial charge on any atom is 0.270 e. The first-order chi connectivity index (χ1) is 9.58. The number of hydrogen-bond donors (Lipinski definition) is 1. The Morgan fingerprint density at radius 1 is 1.30 bits per heavy atom. The Morgan fingerprint density at radius 3 is 2.80 bits per heavy atom. The van der Waals surface area contributed by atoms with E-state index in [1.165, 1.54) is 12.1 Å². The van der Waals surface area contributed by atoms with Crippen LogP contribution in [0.4, 0.5) is 11.5 Å². The molecule has 0 fully saturated rings. The number of anilines is 1. The number of pyridine rings is 1. The van der Waals surface area contributed by atoms with Crippen LogP contribution in [0.15, 0.2) is 47.1 Å². The number of nitro groups is 1. The molecule has 100 valence electrons. The van der Waals surface area contributed by atoms with E-state index in [1.807, 2.05) is 12.1 Å². The van der Waals surface area contributed by atoms with E-state index in [-0.39, 0.29) is 5.69 Å². The normalized spacial score (nSPS) is 10.8. The van der Waals surface area contributed by atoms with Gasteiger partial charge in [0.25, 0.3) is 5.69 Å². The number of non-ortho nitro benzene ring substituents is 1. The van der Waals surface area contributed by atoms with Crippen LogP contribution in [0.3, 0.4) is 0 Å². The molecule has 2 heterocycles. The quantitative estimate of drug-likeness (QED) is 0.576. The number of nitrogens with zero attached hydrogens (tertiary/aromatic N) is 3.